The summed E-state index contributed by atoms with van der Waals surface area (Å²) in [6.45, 7) is 4.76. The number of hydrogen-bond acceptors (Lipinski definition) is 2. The first-order chi connectivity index (χ1) is 7.27. The molecule has 0 aromatic heterocycles. The summed E-state index contributed by atoms with van der Waals surface area (Å²) in [6, 6.07) is 0.623. The van der Waals surface area contributed by atoms with Crippen LogP contribution in [0.2, 0.25) is 0 Å². The summed E-state index contributed by atoms with van der Waals surface area (Å²) >= 11 is 0. The first-order valence-corrected chi connectivity index (χ1v) is 6.54. The summed E-state index contributed by atoms with van der Waals surface area (Å²) in [5, 5.41) is 0. The molecule has 2 heterocycles. The second kappa shape index (κ2) is 3.31. The van der Waals surface area contributed by atoms with Gasteiger partial charge in [-0.1, -0.05) is 6.92 Å². The highest BCUT2D eigenvalue weighted by atomic mass is 16.1. The van der Waals surface area contributed by atoms with Gasteiger partial charge in [-0.15, -0.1) is 0 Å². The Hall–Kier alpha value is -0.370. The molecule has 84 valence electrons. The number of nitrogens with zero attached hydrogens (tertiary/aromatic N) is 1. The van der Waals surface area contributed by atoms with Crippen molar-refractivity contribution in [3.8, 4) is 0 Å². The Morgan fingerprint density at radius 2 is 2.27 bits per heavy atom. The summed E-state index contributed by atoms with van der Waals surface area (Å²) in [5.41, 5.74) is 0.507. The minimum atomic E-state index is 0.402. The summed E-state index contributed by atoms with van der Waals surface area (Å²) in [5.74, 6) is 0.965. The molecule has 15 heavy (non-hydrogen) atoms. The lowest BCUT2D eigenvalue weighted by atomic mass is 9.61. The molecule has 0 aromatic rings. The zero-order chi connectivity index (χ0) is 10.5. The second-order valence-electron chi connectivity index (χ2n) is 5.66. The van der Waals surface area contributed by atoms with Crippen LogP contribution in [0.5, 0.6) is 0 Å². The third kappa shape index (κ3) is 1.24. The average Bonchev–Trinajstić information content (AvgIpc) is 2.70. The third-order valence-corrected chi connectivity index (χ3v) is 5.24. The first kappa shape index (κ1) is 9.83. The van der Waals surface area contributed by atoms with Crippen LogP contribution in [0.1, 0.15) is 45.4 Å². The summed E-state index contributed by atoms with van der Waals surface area (Å²) < 4.78 is 0. The molecule has 3 aliphatic rings. The van der Waals surface area contributed by atoms with E-state index in [1.54, 1.807) is 0 Å². The van der Waals surface area contributed by atoms with Crippen molar-refractivity contribution < 1.29 is 4.79 Å². The van der Waals surface area contributed by atoms with E-state index in [0.717, 1.165) is 12.8 Å². The number of hydrogen-bond donors (Lipinski definition) is 0. The molecular formula is C13H21NO. The number of carbonyl (C=O) groups excluding carboxylic acids is 1. The predicted octanol–water partition coefficient (Wildman–Crippen LogP) is 2.23. The predicted molar refractivity (Wildman–Crippen MR) is 59.7 cm³/mol. The number of rotatable bonds is 1. The highest BCUT2D eigenvalue weighted by molar-refractivity contribution is 5.83. The molecule has 0 aromatic carbocycles. The van der Waals surface area contributed by atoms with E-state index < -0.39 is 0 Å². The molecule has 0 bridgehead atoms. The van der Waals surface area contributed by atoms with Crippen LogP contribution < -0.4 is 0 Å². The largest absolute Gasteiger partial charge is 0.299 e. The molecular weight excluding hydrogens is 186 g/mol. The summed E-state index contributed by atoms with van der Waals surface area (Å²) in [4.78, 5) is 14.6. The van der Waals surface area contributed by atoms with Gasteiger partial charge in [0.25, 0.3) is 0 Å². The van der Waals surface area contributed by atoms with E-state index in [0.29, 0.717) is 23.2 Å². The van der Waals surface area contributed by atoms with Crippen LogP contribution in [0.25, 0.3) is 0 Å². The molecule has 0 radical (unpaired) electrons. The van der Waals surface area contributed by atoms with Gasteiger partial charge < -0.3 is 0 Å². The van der Waals surface area contributed by atoms with Crippen LogP contribution in [-0.2, 0) is 4.79 Å². The molecule has 0 amide bonds. The zero-order valence-corrected chi connectivity index (χ0v) is 9.67. The van der Waals surface area contributed by atoms with Gasteiger partial charge in [-0.05, 0) is 50.6 Å². The molecule has 1 saturated carbocycles. The van der Waals surface area contributed by atoms with Gasteiger partial charge >= 0.3 is 0 Å². The summed E-state index contributed by atoms with van der Waals surface area (Å²) in [6.07, 6.45) is 7.17. The first-order valence-electron chi connectivity index (χ1n) is 6.54. The van der Waals surface area contributed by atoms with Crippen LogP contribution in [0.3, 0.4) is 0 Å². The molecule has 3 atom stereocenters. The van der Waals surface area contributed by atoms with Crippen LogP contribution >= 0.6 is 0 Å². The Morgan fingerprint density at radius 3 is 3.07 bits per heavy atom. The Bertz CT molecular complexity index is 288. The number of ketones is 1. The van der Waals surface area contributed by atoms with Crippen LogP contribution in [-0.4, -0.2) is 29.8 Å². The van der Waals surface area contributed by atoms with Crippen molar-refractivity contribution >= 4 is 5.78 Å². The van der Waals surface area contributed by atoms with Crippen molar-refractivity contribution in [2.75, 3.05) is 13.1 Å². The topological polar surface area (TPSA) is 20.3 Å². The fraction of sp³-hybridized carbons (Fsp3) is 0.923. The van der Waals surface area contributed by atoms with Crippen molar-refractivity contribution in [3.63, 3.8) is 0 Å². The quantitative estimate of drug-likeness (QED) is 0.657. The SMILES string of the molecule is CC[C@@]12CCCN3CC[C@@H](C(=O)CC1)[C@@H]32. The fourth-order valence-corrected chi connectivity index (χ4v) is 4.43. The van der Waals surface area contributed by atoms with Gasteiger partial charge in [-0.25, -0.2) is 0 Å². The molecule has 2 nitrogen and oxygen atoms in total. The van der Waals surface area contributed by atoms with Crippen LogP contribution in [0.15, 0.2) is 0 Å². The van der Waals surface area contributed by atoms with Gasteiger partial charge in [0.15, 0.2) is 0 Å². The van der Waals surface area contributed by atoms with Gasteiger partial charge in [0.1, 0.15) is 5.78 Å². The molecule has 0 N–H and O–H groups in total. The Labute approximate surface area is 92.0 Å². The third-order valence-electron chi connectivity index (χ3n) is 5.24. The Kier molecular flexibility index (Phi) is 2.17. The zero-order valence-electron chi connectivity index (χ0n) is 9.67. The monoisotopic (exact) mass is 207 g/mol. The minimum Gasteiger partial charge on any atom is -0.299 e. The Balaban J connectivity index is 1.97. The van der Waals surface area contributed by atoms with Gasteiger partial charge in [0, 0.05) is 18.4 Å². The van der Waals surface area contributed by atoms with E-state index in [4.69, 9.17) is 0 Å². The standard InChI is InChI=1S/C13H21NO/c1-2-13-6-3-8-14-9-5-10(12(13)14)11(15)4-7-13/h10,12H,2-9H2,1H3/t10-,12+,13+/m0/s1. The highest BCUT2D eigenvalue weighted by Gasteiger charge is 2.54. The normalized spacial score (nSPS) is 45.5. The van der Waals surface area contributed by atoms with Gasteiger partial charge in [-0.3, -0.25) is 9.69 Å². The lowest BCUT2D eigenvalue weighted by Crippen LogP contribution is -2.55. The average molecular weight is 207 g/mol. The van der Waals surface area contributed by atoms with E-state index in [1.807, 2.05) is 0 Å². The maximum atomic E-state index is 11.9. The fourth-order valence-electron chi connectivity index (χ4n) is 4.43. The van der Waals surface area contributed by atoms with Gasteiger partial charge in [-0.2, -0.15) is 0 Å². The molecule has 2 heteroatoms. The molecule has 3 fully saturated rings. The minimum absolute atomic E-state index is 0.402. The smallest absolute Gasteiger partial charge is 0.137 e. The van der Waals surface area contributed by atoms with E-state index in [9.17, 15) is 4.79 Å². The molecule has 2 saturated heterocycles. The van der Waals surface area contributed by atoms with Crippen LogP contribution in [0.4, 0.5) is 0 Å². The number of Topliss-reactive ketones (excluding diaryl/α,β-unsaturated/α-hetero) is 1. The maximum Gasteiger partial charge on any atom is 0.137 e. The van der Waals surface area contributed by atoms with E-state index in [-0.39, 0.29) is 0 Å². The highest BCUT2D eigenvalue weighted by Crippen LogP contribution is 2.52. The van der Waals surface area contributed by atoms with Gasteiger partial charge in [0.2, 0.25) is 0 Å². The molecule has 0 unspecified atom stereocenters. The van der Waals surface area contributed by atoms with Crippen molar-refractivity contribution in [2.24, 2.45) is 11.3 Å². The Morgan fingerprint density at radius 1 is 1.40 bits per heavy atom. The van der Waals surface area contributed by atoms with Crippen LogP contribution in [0, 0.1) is 11.3 Å². The summed E-state index contributed by atoms with van der Waals surface area (Å²) in [7, 11) is 0. The van der Waals surface area contributed by atoms with E-state index in [2.05, 4.69) is 11.8 Å². The van der Waals surface area contributed by atoms with Crippen molar-refractivity contribution in [2.45, 2.75) is 51.5 Å². The lowest BCUT2D eigenvalue weighted by Gasteiger charge is -2.51. The second-order valence-corrected chi connectivity index (χ2v) is 5.66. The number of piperidine rings is 1. The molecule has 3 rings (SSSR count). The molecule has 1 aliphatic carbocycles. The van der Waals surface area contributed by atoms with Crippen molar-refractivity contribution in [3.05, 3.63) is 0 Å². The van der Waals surface area contributed by atoms with Crippen molar-refractivity contribution in [1.29, 1.82) is 0 Å². The number of carbonyl (C=O) groups is 1. The molecule has 2 aliphatic heterocycles. The lowest BCUT2D eigenvalue weighted by molar-refractivity contribution is -0.132. The van der Waals surface area contributed by atoms with E-state index in [1.165, 1.54) is 38.8 Å². The molecule has 0 spiro atoms. The van der Waals surface area contributed by atoms with Crippen molar-refractivity contribution in [1.82, 2.24) is 4.90 Å². The maximum absolute atomic E-state index is 11.9. The van der Waals surface area contributed by atoms with E-state index >= 15 is 0 Å². The van der Waals surface area contributed by atoms with Gasteiger partial charge in [0.05, 0.1) is 0 Å².